The summed E-state index contributed by atoms with van der Waals surface area (Å²) in [7, 11) is -3.25. The Kier molecular flexibility index (Phi) is 5.58. The van der Waals surface area contributed by atoms with Gasteiger partial charge in [-0.1, -0.05) is 6.92 Å². The summed E-state index contributed by atoms with van der Waals surface area (Å²) in [5.41, 5.74) is 0. The fourth-order valence-corrected chi connectivity index (χ4v) is 4.35. The molecule has 0 amide bonds. The lowest BCUT2D eigenvalue weighted by atomic mass is 10.3. The summed E-state index contributed by atoms with van der Waals surface area (Å²) in [5.74, 6) is 0. The van der Waals surface area contributed by atoms with Gasteiger partial charge in [0, 0.05) is 45.8 Å². The third-order valence-electron chi connectivity index (χ3n) is 3.82. The van der Waals surface area contributed by atoms with Gasteiger partial charge in [0.05, 0.1) is 0 Å². The van der Waals surface area contributed by atoms with Crippen molar-refractivity contribution in [1.82, 2.24) is 18.8 Å². The molecule has 1 N–H and O–H groups in total. The quantitative estimate of drug-likeness (QED) is 0.762. The molecule has 0 aromatic rings. The zero-order valence-corrected chi connectivity index (χ0v) is 12.7. The highest BCUT2D eigenvalue weighted by Gasteiger charge is 2.32. The highest BCUT2D eigenvalue weighted by Crippen LogP contribution is 2.13. The lowest BCUT2D eigenvalue weighted by Gasteiger charge is -2.36. The molecule has 0 spiro atoms. The van der Waals surface area contributed by atoms with E-state index in [2.05, 4.69) is 17.1 Å². The van der Waals surface area contributed by atoms with Crippen molar-refractivity contribution in [2.45, 2.75) is 19.8 Å². The van der Waals surface area contributed by atoms with Crippen LogP contribution in [0.2, 0.25) is 0 Å². The van der Waals surface area contributed by atoms with Crippen LogP contribution < -0.4 is 5.32 Å². The van der Waals surface area contributed by atoms with Crippen LogP contribution in [0.15, 0.2) is 0 Å². The van der Waals surface area contributed by atoms with Gasteiger partial charge in [0.2, 0.25) is 0 Å². The van der Waals surface area contributed by atoms with Gasteiger partial charge in [0.15, 0.2) is 0 Å². The van der Waals surface area contributed by atoms with E-state index in [1.165, 1.54) is 0 Å². The summed E-state index contributed by atoms with van der Waals surface area (Å²) in [6.45, 7) is 9.12. The second-order valence-electron chi connectivity index (χ2n) is 5.25. The molecular formula is C12H26N4O2S. The lowest BCUT2D eigenvalue weighted by molar-refractivity contribution is 0.181. The van der Waals surface area contributed by atoms with Crippen LogP contribution in [0.25, 0.3) is 0 Å². The minimum atomic E-state index is -3.25. The molecule has 6 nitrogen and oxygen atoms in total. The van der Waals surface area contributed by atoms with E-state index in [4.69, 9.17) is 0 Å². The van der Waals surface area contributed by atoms with Crippen LogP contribution in [-0.4, -0.2) is 80.8 Å². The third kappa shape index (κ3) is 3.88. The molecule has 0 bridgehead atoms. The zero-order chi connectivity index (χ0) is 13.7. The number of rotatable bonds is 4. The minimum absolute atomic E-state index is 0.595. The Bertz CT molecular complexity index is 358. The molecule has 2 saturated heterocycles. The second kappa shape index (κ2) is 6.99. The maximum absolute atomic E-state index is 12.6. The molecule has 2 rings (SSSR count). The van der Waals surface area contributed by atoms with E-state index >= 15 is 0 Å². The van der Waals surface area contributed by atoms with Crippen molar-refractivity contribution < 1.29 is 8.42 Å². The first kappa shape index (κ1) is 15.2. The van der Waals surface area contributed by atoms with Gasteiger partial charge in [0.25, 0.3) is 10.2 Å². The van der Waals surface area contributed by atoms with Crippen molar-refractivity contribution in [3.63, 3.8) is 0 Å². The summed E-state index contributed by atoms with van der Waals surface area (Å²) in [6.07, 6.45) is 2.03. The summed E-state index contributed by atoms with van der Waals surface area (Å²) in [5, 5.41) is 3.24. The predicted octanol–water partition coefficient (Wildman–Crippen LogP) is -0.446. The number of nitrogens with zero attached hydrogens (tertiary/aromatic N) is 3. The standard InChI is InChI=1S/C12H26N4O2S/c1-2-6-14-9-11-16(12-10-14)19(17,18)15-7-3-4-13-5-8-15/h13H,2-12H2,1H3. The van der Waals surface area contributed by atoms with Crippen LogP contribution >= 0.6 is 0 Å². The summed E-state index contributed by atoms with van der Waals surface area (Å²) >= 11 is 0. The van der Waals surface area contributed by atoms with Crippen LogP contribution in [0.1, 0.15) is 19.8 Å². The van der Waals surface area contributed by atoms with Crippen molar-refractivity contribution in [3.05, 3.63) is 0 Å². The van der Waals surface area contributed by atoms with Crippen molar-refractivity contribution >= 4 is 10.2 Å². The average molecular weight is 290 g/mol. The lowest BCUT2D eigenvalue weighted by Crippen LogP contribution is -2.53. The Morgan fingerprint density at radius 1 is 0.947 bits per heavy atom. The molecule has 0 aromatic heterocycles. The smallest absolute Gasteiger partial charge is 0.282 e. The van der Waals surface area contributed by atoms with Crippen LogP contribution in [-0.2, 0) is 10.2 Å². The van der Waals surface area contributed by atoms with Gasteiger partial charge in [-0.2, -0.15) is 17.0 Å². The van der Waals surface area contributed by atoms with Gasteiger partial charge in [-0.15, -0.1) is 0 Å². The van der Waals surface area contributed by atoms with E-state index in [-0.39, 0.29) is 0 Å². The number of hydrogen-bond donors (Lipinski definition) is 1. The largest absolute Gasteiger partial charge is 0.315 e. The number of hydrogen-bond acceptors (Lipinski definition) is 4. The van der Waals surface area contributed by atoms with E-state index in [0.29, 0.717) is 26.2 Å². The Hall–Kier alpha value is -0.210. The number of nitrogens with one attached hydrogen (secondary N) is 1. The SMILES string of the molecule is CCCN1CCN(S(=O)(=O)N2CCCNCC2)CC1. The van der Waals surface area contributed by atoms with E-state index in [1.807, 2.05) is 0 Å². The first-order valence-corrected chi connectivity index (χ1v) is 8.72. The highest BCUT2D eigenvalue weighted by atomic mass is 32.2. The van der Waals surface area contributed by atoms with Gasteiger partial charge in [-0.3, -0.25) is 0 Å². The monoisotopic (exact) mass is 290 g/mol. The first-order valence-electron chi connectivity index (χ1n) is 7.33. The maximum Gasteiger partial charge on any atom is 0.282 e. The van der Waals surface area contributed by atoms with Crippen LogP contribution in [0.4, 0.5) is 0 Å². The Morgan fingerprint density at radius 3 is 2.32 bits per heavy atom. The molecule has 0 atom stereocenters. The van der Waals surface area contributed by atoms with Gasteiger partial charge < -0.3 is 10.2 Å². The minimum Gasteiger partial charge on any atom is -0.315 e. The van der Waals surface area contributed by atoms with E-state index < -0.39 is 10.2 Å². The molecule has 0 aromatic carbocycles. The second-order valence-corrected chi connectivity index (χ2v) is 7.18. The number of piperazine rings is 1. The summed E-state index contributed by atoms with van der Waals surface area (Å²) < 4.78 is 28.4. The summed E-state index contributed by atoms with van der Waals surface area (Å²) in [4.78, 5) is 2.34. The Morgan fingerprint density at radius 2 is 1.63 bits per heavy atom. The van der Waals surface area contributed by atoms with Crippen molar-refractivity contribution in [3.8, 4) is 0 Å². The molecule has 2 aliphatic heterocycles. The highest BCUT2D eigenvalue weighted by molar-refractivity contribution is 7.86. The van der Waals surface area contributed by atoms with Gasteiger partial charge in [-0.05, 0) is 25.9 Å². The van der Waals surface area contributed by atoms with Crippen molar-refractivity contribution in [1.29, 1.82) is 0 Å². The molecule has 19 heavy (non-hydrogen) atoms. The molecule has 112 valence electrons. The van der Waals surface area contributed by atoms with Crippen molar-refractivity contribution in [2.24, 2.45) is 0 Å². The Labute approximate surface area is 116 Å². The van der Waals surface area contributed by atoms with E-state index in [1.54, 1.807) is 8.61 Å². The molecule has 2 fully saturated rings. The van der Waals surface area contributed by atoms with Gasteiger partial charge in [0.1, 0.15) is 0 Å². The van der Waals surface area contributed by atoms with E-state index in [9.17, 15) is 8.42 Å². The molecular weight excluding hydrogens is 264 g/mol. The normalized spacial score (nSPS) is 25.3. The predicted molar refractivity (Wildman–Crippen MR) is 76.3 cm³/mol. The fourth-order valence-electron chi connectivity index (χ4n) is 2.72. The molecule has 2 heterocycles. The summed E-state index contributed by atoms with van der Waals surface area (Å²) in [6, 6.07) is 0. The van der Waals surface area contributed by atoms with Gasteiger partial charge in [-0.25, -0.2) is 0 Å². The van der Waals surface area contributed by atoms with Crippen LogP contribution in [0.5, 0.6) is 0 Å². The maximum atomic E-state index is 12.6. The van der Waals surface area contributed by atoms with Gasteiger partial charge >= 0.3 is 0 Å². The van der Waals surface area contributed by atoms with Crippen molar-refractivity contribution in [2.75, 3.05) is 58.9 Å². The zero-order valence-electron chi connectivity index (χ0n) is 11.8. The molecule has 7 heteroatoms. The van der Waals surface area contributed by atoms with Crippen LogP contribution in [0, 0.1) is 0 Å². The molecule has 0 aliphatic carbocycles. The molecule has 0 saturated carbocycles. The average Bonchev–Trinajstić information content (AvgIpc) is 2.69. The van der Waals surface area contributed by atoms with E-state index in [0.717, 1.165) is 45.6 Å². The topological polar surface area (TPSA) is 55.9 Å². The Balaban J connectivity index is 1.92. The molecule has 0 radical (unpaired) electrons. The molecule has 0 unspecified atom stereocenters. The fraction of sp³-hybridized carbons (Fsp3) is 1.00. The first-order chi connectivity index (χ1) is 9.14. The molecule has 2 aliphatic rings. The van der Waals surface area contributed by atoms with Crippen LogP contribution in [0.3, 0.4) is 0 Å². The third-order valence-corrected chi connectivity index (χ3v) is 5.86.